The van der Waals surface area contributed by atoms with Crippen LogP contribution in [0.3, 0.4) is 0 Å². The van der Waals surface area contributed by atoms with Gasteiger partial charge in [-0.3, -0.25) is 4.79 Å². The smallest absolute Gasteiger partial charge is 0.251 e. The van der Waals surface area contributed by atoms with E-state index in [1.165, 1.54) is 32.1 Å². The first-order chi connectivity index (χ1) is 9.72. The lowest BCUT2D eigenvalue weighted by Crippen LogP contribution is -2.39. The maximum Gasteiger partial charge on any atom is 0.251 e. The molecular formula is C17H26N2O. The molecule has 20 heavy (non-hydrogen) atoms. The number of nitrogens with one attached hydrogen (secondary N) is 1. The quantitative estimate of drug-likeness (QED) is 0.867. The minimum absolute atomic E-state index is 0.0483. The summed E-state index contributed by atoms with van der Waals surface area (Å²) in [5.41, 5.74) is 7.44. The molecule has 1 aromatic carbocycles. The zero-order valence-electron chi connectivity index (χ0n) is 12.4. The normalized spacial score (nSPS) is 17.7. The molecule has 3 N–H and O–H groups in total. The summed E-state index contributed by atoms with van der Waals surface area (Å²) in [5, 5.41) is 3.18. The van der Waals surface area contributed by atoms with Gasteiger partial charge in [-0.1, -0.05) is 37.5 Å². The van der Waals surface area contributed by atoms with Crippen LogP contribution in [-0.4, -0.2) is 18.5 Å². The number of amides is 1. The SMILES string of the molecule is C[C@H](NC(=O)c1ccccc1CCN)C1CCCCC1. The van der Waals surface area contributed by atoms with Gasteiger partial charge < -0.3 is 11.1 Å². The third-order valence-electron chi connectivity index (χ3n) is 4.39. The molecule has 3 nitrogen and oxygen atoms in total. The largest absolute Gasteiger partial charge is 0.349 e. The molecule has 0 aliphatic heterocycles. The number of hydrogen-bond donors (Lipinski definition) is 2. The van der Waals surface area contributed by atoms with Gasteiger partial charge in [0.2, 0.25) is 0 Å². The molecular weight excluding hydrogens is 248 g/mol. The molecule has 1 fully saturated rings. The van der Waals surface area contributed by atoms with E-state index in [0.29, 0.717) is 12.5 Å². The molecule has 1 aliphatic rings. The van der Waals surface area contributed by atoms with E-state index in [9.17, 15) is 4.79 Å². The Morgan fingerprint density at radius 1 is 1.30 bits per heavy atom. The Morgan fingerprint density at radius 3 is 2.70 bits per heavy atom. The van der Waals surface area contributed by atoms with Crippen molar-refractivity contribution < 1.29 is 4.79 Å². The lowest BCUT2D eigenvalue weighted by atomic mass is 9.84. The van der Waals surface area contributed by atoms with Gasteiger partial charge in [0, 0.05) is 11.6 Å². The topological polar surface area (TPSA) is 55.1 Å². The molecule has 0 aromatic heterocycles. The van der Waals surface area contributed by atoms with Crippen LogP contribution in [0.1, 0.15) is 54.9 Å². The van der Waals surface area contributed by atoms with E-state index in [4.69, 9.17) is 5.73 Å². The summed E-state index contributed by atoms with van der Waals surface area (Å²) in [6.45, 7) is 2.71. The molecule has 1 aromatic rings. The Bertz CT molecular complexity index is 438. The van der Waals surface area contributed by atoms with Gasteiger partial charge >= 0.3 is 0 Å². The summed E-state index contributed by atoms with van der Waals surface area (Å²) >= 11 is 0. The monoisotopic (exact) mass is 274 g/mol. The van der Waals surface area contributed by atoms with Crippen LogP contribution in [0.25, 0.3) is 0 Å². The fourth-order valence-corrected chi connectivity index (χ4v) is 3.15. The molecule has 2 rings (SSSR count). The van der Waals surface area contributed by atoms with Crippen LogP contribution >= 0.6 is 0 Å². The average Bonchev–Trinajstić information content (AvgIpc) is 2.49. The minimum Gasteiger partial charge on any atom is -0.349 e. The van der Waals surface area contributed by atoms with E-state index >= 15 is 0 Å². The van der Waals surface area contributed by atoms with Gasteiger partial charge in [-0.2, -0.15) is 0 Å². The summed E-state index contributed by atoms with van der Waals surface area (Å²) in [5.74, 6) is 0.682. The third-order valence-corrected chi connectivity index (χ3v) is 4.39. The van der Waals surface area contributed by atoms with Gasteiger partial charge in [-0.15, -0.1) is 0 Å². The van der Waals surface area contributed by atoms with Crippen molar-refractivity contribution in [1.82, 2.24) is 5.32 Å². The van der Waals surface area contributed by atoms with Crippen LogP contribution in [0.5, 0.6) is 0 Å². The second-order valence-corrected chi connectivity index (χ2v) is 5.86. The Kier molecular flexibility index (Phi) is 5.60. The van der Waals surface area contributed by atoms with E-state index in [1.807, 2.05) is 24.3 Å². The molecule has 0 heterocycles. The highest BCUT2D eigenvalue weighted by molar-refractivity contribution is 5.95. The molecule has 1 atom stereocenters. The van der Waals surface area contributed by atoms with Crippen LogP contribution in [0.15, 0.2) is 24.3 Å². The first kappa shape index (κ1) is 15.0. The maximum absolute atomic E-state index is 12.4. The van der Waals surface area contributed by atoms with Crippen molar-refractivity contribution in [3.63, 3.8) is 0 Å². The summed E-state index contributed by atoms with van der Waals surface area (Å²) < 4.78 is 0. The van der Waals surface area contributed by atoms with Gasteiger partial charge in [0.15, 0.2) is 0 Å². The van der Waals surface area contributed by atoms with Crippen molar-refractivity contribution in [1.29, 1.82) is 0 Å². The van der Waals surface area contributed by atoms with E-state index in [0.717, 1.165) is 17.5 Å². The highest BCUT2D eigenvalue weighted by Crippen LogP contribution is 2.26. The van der Waals surface area contributed by atoms with Crippen LogP contribution in [-0.2, 0) is 6.42 Å². The van der Waals surface area contributed by atoms with Gasteiger partial charge in [0.05, 0.1) is 0 Å². The number of benzene rings is 1. The molecule has 0 spiro atoms. The number of hydrogen-bond acceptors (Lipinski definition) is 2. The van der Waals surface area contributed by atoms with Crippen molar-refractivity contribution >= 4 is 5.91 Å². The summed E-state index contributed by atoms with van der Waals surface area (Å²) in [7, 11) is 0. The zero-order valence-corrected chi connectivity index (χ0v) is 12.4. The molecule has 0 bridgehead atoms. The number of carbonyl (C=O) groups is 1. The van der Waals surface area contributed by atoms with Crippen LogP contribution in [0, 0.1) is 5.92 Å². The lowest BCUT2D eigenvalue weighted by molar-refractivity contribution is 0.0918. The number of nitrogens with two attached hydrogens (primary N) is 1. The van der Waals surface area contributed by atoms with Crippen molar-refractivity contribution in [2.45, 2.75) is 51.5 Å². The van der Waals surface area contributed by atoms with Crippen molar-refractivity contribution in [3.8, 4) is 0 Å². The molecule has 0 saturated heterocycles. The van der Waals surface area contributed by atoms with Gasteiger partial charge in [-0.05, 0) is 50.3 Å². The van der Waals surface area contributed by atoms with Crippen LogP contribution < -0.4 is 11.1 Å². The van der Waals surface area contributed by atoms with E-state index < -0.39 is 0 Å². The van der Waals surface area contributed by atoms with Gasteiger partial charge in [0.1, 0.15) is 0 Å². The van der Waals surface area contributed by atoms with Crippen molar-refractivity contribution in [2.24, 2.45) is 11.7 Å². The fourth-order valence-electron chi connectivity index (χ4n) is 3.15. The second-order valence-electron chi connectivity index (χ2n) is 5.86. The number of carbonyl (C=O) groups excluding carboxylic acids is 1. The molecule has 3 heteroatoms. The molecule has 1 amide bonds. The Morgan fingerprint density at radius 2 is 2.00 bits per heavy atom. The molecule has 1 saturated carbocycles. The van der Waals surface area contributed by atoms with Gasteiger partial charge in [0.25, 0.3) is 5.91 Å². The van der Waals surface area contributed by atoms with Gasteiger partial charge in [-0.25, -0.2) is 0 Å². The first-order valence-electron chi connectivity index (χ1n) is 7.81. The average molecular weight is 274 g/mol. The summed E-state index contributed by atoms with van der Waals surface area (Å²) in [6.07, 6.45) is 7.18. The predicted octanol–water partition coefficient (Wildman–Crippen LogP) is 2.89. The van der Waals surface area contributed by atoms with Crippen LogP contribution in [0.4, 0.5) is 0 Å². The summed E-state index contributed by atoms with van der Waals surface area (Å²) in [4.78, 5) is 12.4. The third kappa shape index (κ3) is 3.83. The standard InChI is InChI=1S/C17H26N2O/c1-13(14-7-3-2-4-8-14)19-17(20)16-10-6-5-9-15(16)11-12-18/h5-6,9-10,13-14H,2-4,7-8,11-12,18H2,1H3,(H,19,20)/t13-/m0/s1. The zero-order chi connectivity index (χ0) is 14.4. The minimum atomic E-state index is 0.0483. The predicted molar refractivity (Wildman–Crippen MR) is 82.7 cm³/mol. The second kappa shape index (κ2) is 7.44. The fraction of sp³-hybridized carbons (Fsp3) is 0.588. The summed E-state index contributed by atoms with van der Waals surface area (Å²) in [6, 6.07) is 8.03. The van der Waals surface area contributed by atoms with E-state index in [2.05, 4.69) is 12.2 Å². The highest BCUT2D eigenvalue weighted by atomic mass is 16.1. The Labute approximate surface area is 121 Å². The van der Waals surface area contributed by atoms with Crippen molar-refractivity contribution in [2.75, 3.05) is 6.54 Å². The van der Waals surface area contributed by atoms with Crippen LogP contribution in [0.2, 0.25) is 0 Å². The first-order valence-corrected chi connectivity index (χ1v) is 7.81. The lowest BCUT2D eigenvalue weighted by Gasteiger charge is -2.28. The highest BCUT2D eigenvalue weighted by Gasteiger charge is 2.22. The Balaban J connectivity index is 2.00. The maximum atomic E-state index is 12.4. The molecule has 1 aliphatic carbocycles. The Hall–Kier alpha value is -1.35. The molecule has 110 valence electrons. The number of rotatable bonds is 5. The van der Waals surface area contributed by atoms with E-state index in [1.54, 1.807) is 0 Å². The van der Waals surface area contributed by atoms with Crippen molar-refractivity contribution in [3.05, 3.63) is 35.4 Å². The molecule has 0 unspecified atom stereocenters. The van der Waals surface area contributed by atoms with E-state index in [-0.39, 0.29) is 11.9 Å². The molecule has 0 radical (unpaired) electrons.